The molecule has 0 saturated heterocycles. The van der Waals surface area contributed by atoms with E-state index in [9.17, 15) is 9.59 Å². The fraction of sp³-hybridized carbons (Fsp3) is 0.333. The number of rotatable bonds is 1. The summed E-state index contributed by atoms with van der Waals surface area (Å²) in [5, 5.41) is 0. The van der Waals surface area contributed by atoms with Gasteiger partial charge in [-0.1, -0.05) is 6.92 Å². The highest BCUT2D eigenvalue weighted by atomic mass is 127. The van der Waals surface area contributed by atoms with Crippen molar-refractivity contribution in [2.24, 2.45) is 0 Å². The molecular formula is C6H5IO3. The molecule has 0 fully saturated rings. The number of hydrogen-bond donors (Lipinski definition) is 0. The number of hydrogen-bond acceptors (Lipinski definition) is 3. The lowest BCUT2D eigenvalue weighted by atomic mass is 10.2. The van der Waals surface area contributed by atoms with Gasteiger partial charge < -0.3 is 4.74 Å². The third kappa shape index (κ3) is 1.07. The lowest BCUT2D eigenvalue weighted by Crippen LogP contribution is -2.01. The summed E-state index contributed by atoms with van der Waals surface area (Å²) in [6, 6.07) is 0. The standard InChI is InChI=1S/C6H5IO3/c1-2-3-4(7)6(9)10-5(3)8/h2H2,1H3. The van der Waals surface area contributed by atoms with Crippen LogP contribution < -0.4 is 0 Å². The summed E-state index contributed by atoms with van der Waals surface area (Å²) in [5.74, 6) is -1.00. The van der Waals surface area contributed by atoms with Crippen molar-refractivity contribution in [3.63, 3.8) is 0 Å². The van der Waals surface area contributed by atoms with Gasteiger partial charge in [0.25, 0.3) is 0 Å². The minimum Gasteiger partial charge on any atom is -0.386 e. The monoisotopic (exact) mass is 252 g/mol. The van der Waals surface area contributed by atoms with Gasteiger partial charge in [-0.3, -0.25) is 0 Å². The summed E-state index contributed by atoms with van der Waals surface area (Å²) < 4.78 is 4.74. The van der Waals surface area contributed by atoms with Gasteiger partial charge in [0, 0.05) is 0 Å². The van der Waals surface area contributed by atoms with E-state index in [-0.39, 0.29) is 0 Å². The van der Waals surface area contributed by atoms with Gasteiger partial charge in [0.2, 0.25) is 0 Å². The van der Waals surface area contributed by atoms with Crippen molar-refractivity contribution in [2.75, 3.05) is 0 Å². The maximum absolute atomic E-state index is 10.7. The molecule has 1 aliphatic rings. The number of carbonyl (C=O) groups is 2. The molecule has 0 aromatic rings. The smallest absolute Gasteiger partial charge is 0.352 e. The van der Waals surface area contributed by atoms with Gasteiger partial charge in [-0.15, -0.1) is 0 Å². The zero-order valence-corrected chi connectivity index (χ0v) is 7.47. The average molecular weight is 252 g/mol. The minimum atomic E-state index is -0.512. The largest absolute Gasteiger partial charge is 0.386 e. The van der Waals surface area contributed by atoms with Crippen molar-refractivity contribution >= 4 is 34.5 Å². The lowest BCUT2D eigenvalue weighted by molar-refractivity contribution is -0.150. The summed E-state index contributed by atoms with van der Waals surface area (Å²) >= 11 is 1.82. The highest BCUT2D eigenvalue weighted by Crippen LogP contribution is 2.24. The van der Waals surface area contributed by atoms with Crippen LogP contribution in [-0.4, -0.2) is 11.9 Å². The number of cyclic esters (lactones) is 2. The summed E-state index contributed by atoms with van der Waals surface area (Å²) in [6.07, 6.45) is 0.558. The quantitative estimate of drug-likeness (QED) is 0.399. The molecule has 0 unspecified atom stereocenters. The van der Waals surface area contributed by atoms with E-state index in [1.54, 1.807) is 0 Å². The molecule has 0 aromatic heterocycles. The molecule has 0 atom stereocenters. The fourth-order valence-electron chi connectivity index (χ4n) is 0.703. The first-order valence-corrected chi connectivity index (χ1v) is 3.89. The molecule has 0 bridgehead atoms. The van der Waals surface area contributed by atoms with E-state index in [1.807, 2.05) is 29.5 Å². The molecular weight excluding hydrogens is 247 g/mol. The van der Waals surface area contributed by atoms with Crippen molar-refractivity contribution < 1.29 is 14.3 Å². The maximum Gasteiger partial charge on any atom is 0.352 e. The summed E-state index contributed by atoms with van der Waals surface area (Å²) in [5.41, 5.74) is 0.491. The van der Waals surface area contributed by atoms with E-state index in [2.05, 4.69) is 4.74 Å². The van der Waals surface area contributed by atoms with Crippen molar-refractivity contribution in [1.29, 1.82) is 0 Å². The first kappa shape index (κ1) is 7.71. The second kappa shape index (κ2) is 2.69. The van der Waals surface area contributed by atoms with Crippen LogP contribution in [0.3, 0.4) is 0 Å². The Labute approximate surface area is 71.6 Å². The molecule has 0 aromatic carbocycles. The summed E-state index contributed by atoms with van der Waals surface area (Å²) in [6.45, 7) is 1.81. The Morgan fingerprint density at radius 3 is 2.20 bits per heavy atom. The Kier molecular flexibility index (Phi) is 2.08. The Balaban J connectivity index is 3.01. The first-order chi connectivity index (χ1) is 4.66. The van der Waals surface area contributed by atoms with E-state index in [0.29, 0.717) is 15.6 Å². The molecule has 0 saturated carbocycles. The minimum absolute atomic E-state index is 0.421. The second-order valence-corrected chi connectivity index (χ2v) is 2.90. The van der Waals surface area contributed by atoms with Crippen LogP contribution in [0.2, 0.25) is 0 Å². The van der Waals surface area contributed by atoms with Gasteiger partial charge in [-0.25, -0.2) is 9.59 Å². The molecule has 4 heteroatoms. The molecule has 1 rings (SSSR count). The fourth-order valence-corrected chi connectivity index (χ4v) is 1.41. The van der Waals surface area contributed by atoms with E-state index < -0.39 is 11.9 Å². The predicted octanol–water partition coefficient (Wildman–Crippen LogP) is 1.17. The zero-order chi connectivity index (χ0) is 7.72. The third-order valence-electron chi connectivity index (χ3n) is 1.23. The molecule has 0 spiro atoms. The van der Waals surface area contributed by atoms with Crippen LogP contribution in [0.15, 0.2) is 9.15 Å². The molecule has 1 aliphatic heterocycles. The summed E-state index contributed by atoms with van der Waals surface area (Å²) in [4.78, 5) is 21.4. The van der Waals surface area contributed by atoms with Gasteiger partial charge in [0.15, 0.2) is 0 Å². The lowest BCUT2D eigenvalue weighted by Gasteiger charge is -1.87. The average Bonchev–Trinajstić information content (AvgIpc) is 2.09. The van der Waals surface area contributed by atoms with E-state index in [4.69, 9.17) is 0 Å². The molecule has 0 aliphatic carbocycles. The van der Waals surface area contributed by atoms with Gasteiger partial charge in [-0.2, -0.15) is 0 Å². The van der Waals surface area contributed by atoms with Crippen LogP contribution in [0, 0.1) is 0 Å². The second-order valence-electron chi connectivity index (χ2n) is 1.82. The highest BCUT2D eigenvalue weighted by molar-refractivity contribution is 14.1. The van der Waals surface area contributed by atoms with Gasteiger partial charge in [0.1, 0.15) is 3.58 Å². The molecule has 0 N–H and O–H groups in total. The maximum atomic E-state index is 10.7. The Bertz CT molecular complexity index is 229. The predicted molar refractivity (Wildman–Crippen MR) is 42.4 cm³/mol. The molecule has 10 heavy (non-hydrogen) atoms. The number of halogens is 1. The number of carbonyl (C=O) groups excluding carboxylic acids is 2. The van der Waals surface area contributed by atoms with Crippen molar-refractivity contribution in [3.8, 4) is 0 Å². The number of esters is 2. The van der Waals surface area contributed by atoms with Crippen molar-refractivity contribution in [3.05, 3.63) is 9.15 Å². The molecule has 3 nitrogen and oxygen atoms in total. The Morgan fingerprint density at radius 1 is 1.40 bits per heavy atom. The van der Waals surface area contributed by atoms with E-state index in [1.165, 1.54) is 0 Å². The number of ether oxygens (including phenoxy) is 1. The van der Waals surface area contributed by atoms with Crippen LogP contribution in [0.1, 0.15) is 13.3 Å². The van der Waals surface area contributed by atoms with Gasteiger partial charge in [-0.05, 0) is 29.0 Å². The highest BCUT2D eigenvalue weighted by Gasteiger charge is 2.29. The third-order valence-corrected chi connectivity index (χ3v) is 2.32. The van der Waals surface area contributed by atoms with E-state index >= 15 is 0 Å². The van der Waals surface area contributed by atoms with Crippen LogP contribution >= 0.6 is 22.6 Å². The van der Waals surface area contributed by atoms with Crippen LogP contribution in [-0.2, 0) is 14.3 Å². The zero-order valence-electron chi connectivity index (χ0n) is 5.31. The van der Waals surface area contributed by atoms with E-state index in [0.717, 1.165) is 0 Å². The SMILES string of the molecule is CCC1=C(I)C(=O)OC1=O. The van der Waals surface area contributed by atoms with Gasteiger partial charge in [0.05, 0.1) is 5.57 Å². The first-order valence-electron chi connectivity index (χ1n) is 2.82. The van der Waals surface area contributed by atoms with Crippen molar-refractivity contribution in [2.45, 2.75) is 13.3 Å². The molecule has 54 valence electrons. The topological polar surface area (TPSA) is 43.4 Å². The normalized spacial score (nSPS) is 18.2. The molecule has 1 heterocycles. The Morgan fingerprint density at radius 2 is 2.00 bits per heavy atom. The van der Waals surface area contributed by atoms with Crippen LogP contribution in [0.5, 0.6) is 0 Å². The van der Waals surface area contributed by atoms with Gasteiger partial charge >= 0.3 is 11.9 Å². The van der Waals surface area contributed by atoms with Crippen LogP contribution in [0.4, 0.5) is 0 Å². The molecule has 0 radical (unpaired) electrons. The van der Waals surface area contributed by atoms with Crippen LogP contribution in [0.25, 0.3) is 0 Å². The summed E-state index contributed by atoms with van der Waals surface area (Å²) in [7, 11) is 0. The molecule has 0 amide bonds. The Hall–Kier alpha value is -0.390. The van der Waals surface area contributed by atoms with Crippen molar-refractivity contribution in [1.82, 2.24) is 0 Å².